The number of aryl methyl sites for hydroxylation is 1. The van der Waals surface area contributed by atoms with Gasteiger partial charge in [-0.25, -0.2) is 8.42 Å². The Morgan fingerprint density at radius 2 is 1.81 bits per heavy atom. The van der Waals surface area contributed by atoms with E-state index in [0.717, 1.165) is 11.1 Å². The molecule has 170 valence electrons. The average molecular weight is 476 g/mol. The Morgan fingerprint density at radius 3 is 2.53 bits per heavy atom. The summed E-state index contributed by atoms with van der Waals surface area (Å²) in [4.78, 5) is 24.5. The van der Waals surface area contributed by atoms with Gasteiger partial charge < -0.3 is 10.6 Å². The maximum absolute atomic E-state index is 13.2. The first-order valence-electron chi connectivity index (χ1n) is 10.8. The highest BCUT2D eigenvalue weighted by molar-refractivity contribution is 7.89. The van der Waals surface area contributed by atoms with Crippen molar-refractivity contribution in [3.63, 3.8) is 0 Å². The van der Waals surface area contributed by atoms with E-state index in [1.165, 1.54) is 4.31 Å². The zero-order chi connectivity index (χ0) is 22.7. The van der Waals surface area contributed by atoms with Gasteiger partial charge in [0.1, 0.15) is 0 Å². The van der Waals surface area contributed by atoms with Crippen LogP contribution in [0.4, 0.5) is 5.69 Å². The summed E-state index contributed by atoms with van der Waals surface area (Å²) in [5.74, 6) is -0.315. The van der Waals surface area contributed by atoms with Crippen LogP contribution in [0, 0.1) is 5.92 Å². The number of amides is 2. The molecular weight excluding hydrogens is 450 g/mol. The Bertz CT molecular complexity index is 1110. The van der Waals surface area contributed by atoms with Crippen molar-refractivity contribution >= 4 is 39.1 Å². The normalized spacial score (nSPS) is 17.8. The third-order valence-electron chi connectivity index (χ3n) is 6.04. The Kier molecular flexibility index (Phi) is 6.83. The van der Waals surface area contributed by atoms with Gasteiger partial charge in [-0.15, -0.1) is 0 Å². The van der Waals surface area contributed by atoms with Gasteiger partial charge in [-0.1, -0.05) is 23.7 Å². The molecule has 0 spiro atoms. The Morgan fingerprint density at radius 1 is 1.09 bits per heavy atom. The van der Waals surface area contributed by atoms with Crippen molar-refractivity contribution in [1.82, 2.24) is 9.62 Å². The number of fused-ring (bicyclic) bond motifs is 1. The summed E-state index contributed by atoms with van der Waals surface area (Å²) < 4.78 is 27.8. The van der Waals surface area contributed by atoms with Gasteiger partial charge in [0, 0.05) is 42.7 Å². The molecule has 2 aromatic rings. The molecule has 0 aliphatic carbocycles. The monoisotopic (exact) mass is 475 g/mol. The largest absolute Gasteiger partial charge is 0.352 e. The van der Waals surface area contributed by atoms with Crippen molar-refractivity contribution in [3.8, 4) is 0 Å². The SMILES string of the molecule is O=C1CCCc2cc(S(=O)(=O)N3CCC(C(=O)NCc4ccc(Cl)cc4)CC3)ccc2N1. The minimum absolute atomic E-state index is 0.0456. The second-order valence-electron chi connectivity index (χ2n) is 8.24. The fourth-order valence-electron chi connectivity index (χ4n) is 4.15. The molecule has 2 amide bonds. The second-order valence-corrected chi connectivity index (χ2v) is 10.6. The highest BCUT2D eigenvalue weighted by atomic mass is 35.5. The van der Waals surface area contributed by atoms with Crippen molar-refractivity contribution < 1.29 is 18.0 Å². The number of rotatable bonds is 5. The third kappa shape index (κ3) is 5.14. The lowest BCUT2D eigenvalue weighted by Crippen LogP contribution is -2.42. The molecule has 2 aromatic carbocycles. The van der Waals surface area contributed by atoms with Gasteiger partial charge in [-0.2, -0.15) is 4.31 Å². The van der Waals surface area contributed by atoms with Gasteiger partial charge in [-0.05, 0) is 67.1 Å². The molecule has 0 unspecified atom stereocenters. The van der Waals surface area contributed by atoms with Crippen LogP contribution in [-0.2, 0) is 32.6 Å². The minimum atomic E-state index is -3.65. The number of carbonyl (C=O) groups excluding carboxylic acids is 2. The molecule has 2 aliphatic rings. The van der Waals surface area contributed by atoms with Gasteiger partial charge in [0.25, 0.3) is 0 Å². The van der Waals surface area contributed by atoms with Gasteiger partial charge in [0.05, 0.1) is 4.90 Å². The molecule has 32 heavy (non-hydrogen) atoms. The number of hydrogen-bond donors (Lipinski definition) is 2. The molecule has 1 fully saturated rings. The Balaban J connectivity index is 1.36. The third-order valence-corrected chi connectivity index (χ3v) is 8.19. The van der Waals surface area contributed by atoms with E-state index in [9.17, 15) is 18.0 Å². The molecule has 2 N–H and O–H groups in total. The molecule has 1 saturated heterocycles. The lowest BCUT2D eigenvalue weighted by atomic mass is 9.97. The zero-order valence-electron chi connectivity index (χ0n) is 17.6. The number of benzene rings is 2. The smallest absolute Gasteiger partial charge is 0.243 e. The fourth-order valence-corrected chi connectivity index (χ4v) is 5.80. The Hall–Kier alpha value is -2.42. The number of nitrogens with zero attached hydrogens (tertiary/aromatic N) is 1. The van der Waals surface area contributed by atoms with Gasteiger partial charge in [-0.3, -0.25) is 9.59 Å². The summed E-state index contributed by atoms with van der Waals surface area (Å²) >= 11 is 5.88. The van der Waals surface area contributed by atoms with Crippen LogP contribution in [0.15, 0.2) is 47.4 Å². The van der Waals surface area contributed by atoms with E-state index in [1.807, 2.05) is 12.1 Å². The number of piperidine rings is 1. The van der Waals surface area contributed by atoms with Gasteiger partial charge in [0.2, 0.25) is 21.8 Å². The van der Waals surface area contributed by atoms with Gasteiger partial charge >= 0.3 is 0 Å². The molecule has 0 aromatic heterocycles. The summed E-state index contributed by atoms with van der Waals surface area (Å²) in [6.07, 6.45) is 2.75. The van der Waals surface area contributed by atoms with Crippen molar-refractivity contribution in [1.29, 1.82) is 0 Å². The standard InChI is InChI=1S/C23H26ClN3O4S/c24-19-6-4-16(5-7-19)15-25-23(29)17-10-12-27(13-11-17)32(30,31)20-8-9-21-18(14-20)2-1-3-22(28)26-21/h4-9,14,17H,1-3,10-13,15H2,(H,25,29)(H,26,28). The zero-order valence-corrected chi connectivity index (χ0v) is 19.2. The number of nitrogens with one attached hydrogen (secondary N) is 2. The first kappa shape index (κ1) is 22.8. The maximum Gasteiger partial charge on any atom is 0.243 e. The molecule has 2 heterocycles. The average Bonchev–Trinajstić information content (AvgIpc) is 2.98. The molecule has 0 radical (unpaired) electrons. The van der Waals surface area contributed by atoms with E-state index in [4.69, 9.17) is 11.6 Å². The summed E-state index contributed by atoms with van der Waals surface area (Å²) in [6, 6.07) is 12.2. The molecule has 4 rings (SSSR count). The van der Waals surface area contributed by atoms with Crippen LogP contribution in [-0.4, -0.2) is 37.6 Å². The lowest BCUT2D eigenvalue weighted by molar-refractivity contribution is -0.126. The fraction of sp³-hybridized carbons (Fsp3) is 0.391. The van der Waals surface area contributed by atoms with Crippen molar-refractivity contribution in [2.45, 2.75) is 43.5 Å². The minimum Gasteiger partial charge on any atom is -0.352 e. The summed E-state index contributed by atoms with van der Waals surface area (Å²) in [7, 11) is -3.65. The van der Waals surface area contributed by atoms with Crippen LogP contribution in [0.2, 0.25) is 5.02 Å². The van der Waals surface area contributed by atoms with Crippen LogP contribution in [0.3, 0.4) is 0 Å². The lowest BCUT2D eigenvalue weighted by Gasteiger charge is -2.30. The molecule has 2 aliphatic heterocycles. The van der Waals surface area contributed by atoms with Crippen molar-refractivity contribution in [3.05, 3.63) is 58.6 Å². The number of anilines is 1. The van der Waals surface area contributed by atoms with E-state index in [2.05, 4.69) is 10.6 Å². The van der Waals surface area contributed by atoms with Crippen LogP contribution >= 0.6 is 11.6 Å². The highest BCUT2D eigenvalue weighted by Gasteiger charge is 2.32. The highest BCUT2D eigenvalue weighted by Crippen LogP contribution is 2.29. The van der Waals surface area contributed by atoms with E-state index in [0.29, 0.717) is 62.4 Å². The Labute approximate surface area is 193 Å². The van der Waals surface area contributed by atoms with E-state index >= 15 is 0 Å². The number of halogens is 1. The van der Waals surface area contributed by atoms with E-state index in [1.54, 1.807) is 30.3 Å². The predicted octanol–water partition coefficient (Wildman–Crippen LogP) is 3.33. The van der Waals surface area contributed by atoms with Crippen LogP contribution in [0.1, 0.15) is 36.8 Å². The summed E-state index contributed by atoms with van der Waals surface area (Å²) in [5.41, 5.74) is 2.48. The van der Waals surface area contributed by atoms with E-state index in [-0.39, 0.29) is 22.6 Å². The van der Waals surface area contributed by atoms with Crippen molar-refractivity contribution in [2.24, 2.45) is 5.92 Å². The van der Waals surface area contributed by atoms with Gasteiger partial charge in [0.15, 0.2) is 0 Å². The summed E-state index contributed by atoms with van der Waals surface area (Å²) in [6.45, 7) is 1.02. The molecular formula is C23H26ClN3O4S. The first-order chi connectivity index (χ1) is 15.3. The van der Waals surface area contributed by atoms with E-state index < -0.39 is 10.0 Å². The van der Waals surface area contributed by atoms with Crippen LogP contribution in [0.25, 0.3) is 0 Å². The van der Waals surface area contributed by atoms with Crippen molar-refractivity contribution in [2.75, 3.05) is 18.4 Å². The second kappa shape index (κ2) is 9.60. The maximum atomic E-state index is 13.2. The molecule has 7 nitrogen and oxygen atoms in total. The predicted molar refractivity (Wildman–Crippen MR) is 123 cm³/mol. The quantitative estimate of drug-likeness (QED) is 0.693. The topological polar surface area (TPSA) is 95.6 Å². The molecule has 0 atom stereocenters. The van der Waals surface area contributed by atoms with Crippen LogP contribution in [0.5, 0.6) is 0 Å². The number of sulfonamides is 1. The number of hydrogen-bond acceptors (Lipinski definition) is 4. The molecule has 0 saturated carbocycles. The van der Waals surface area contributed by atoms with Crippen LogP contribution < -0.4 is 10.6 Å². The molecule has 0 bridgehead atoms. The number of carbonyl (C=O) groups is 2. The first-order valence-corrected chi connectivity index (χ1v) is 12.6. The molecule has 9 heteroatoms. The summed E-state index contributed by atoms with van der Waals surface area (Å²) in [5, 5.41) is 6.41.